The van der Waals surface area contributed by atoms with Gasteiger partial charge in [0.1, 0.15) is 0 Å². The van der Waals surface area contributed by atoms with E-state index in [0.29, 0.717) is 17.7 Å². The number of hydrogen-bond donors (Lipinski definition) is 2. The van der Waals surface area contributed by atoms with Gasteiger partial charge in [-0.1, -0.05) is 33.3 Å². The summed E-state index contributed by atoms with van der Waals surface area (Å²) in [5.41, 5.74) is 2.10. The third-order valence-electron chi connectivity index (χ3n) is 4.15. The van der Waals surface area contributed by atoms with Crippen LogP contribution in [0.1, 0.15) is 62.1 Å². The van der Waals surface area contributed by atoms with Crippen LogP contribution < -0.4 is 10.6 Å². The highest BCUT2D eigenvalue weighted by atomic mass is 16.2. The highest BCUT2D eigenvalue weighted by Gasteiger charge is 2.20. The number of nitrogens with zero attached hydrogens (tertiary/aromatic N) is 1. The van der Waals surface area contributed by atoms with Gasteiger partial charge in [0.2, 0.25) is 5.91 Å². The fraction of sp³-hybridized carbons (Fsp3) is 0.381. The lowest BCUT2D eigenvalue weighted by molar-refractivity contribution is -0.116. The van der Waals surface area contributed by atoms with E-state index in [2.05, 4.69) is 36.4 Å². The largest absolute Gasteiger partial charge is 0.343 e. The summed E-state index contributed by atoms with van der Waals surface area (Å²) in [4.78, 5) is 28.7. The van der Waals surface area contributed by atoms with Crippen LogP contribution in [0.15, 0.2) is 48.7 Å². The molecule has 2 aromatic rings. The summed E-state index contributed by atoms with van der Waals surface area (Å²) in [6, 6.07) is 12.5. The molecule has 0 aliphatic rings. The lowest BCUT2D eigenvalue weighted by Crippen LogP contribution is -2.32. The number of hydrogen-bond acceptors (Lipinski definition) is 3. The predicted octanol–water partition coefficient (Wildman–Crippen LogP) is 4.34. The molecule has 1 heterocycles. The van der Waals surface area contributed by atoms with Crippen LogP contribution in [0.4, 0.5) is 5.69 Å². The molecule has 5 heteroatoms. The Morgan fingerprint density at radius 1 is 1.08 bits per heavy atom. The molecule has 5 nitrogen and oxygen atoms in total. The van der Waals surface area contributed by atoms with Crippen LogP contribution in [-0.2, 0) is 4.79 Å². The normalized spacial score (nSPS) is 11.8. The van der Waals surface area contributed by atoms with E-state index >= 15 is 0 Å². The molecule has 0 aliphatic heterocycles. The first-order chi connectivity index (χ1) is 12.5. The number of anilines is 1. The quantitative estimate of drug-likeness (QED) is 0.742. The molecule has 0 bridgehead atoms. The van der Waals surface area contributed by atoms with Gasteiger partial charge in [0.05, 0.1) is 11.7 Å². The molecule has 0 aliphatic carbocycles. The first-order valence-electron chi connectivity index (χ1n) is 9.13. The molecular weight excluding hydrogens is 326 g/mol. The maximum absolute atomic E-state index is 12.6. The average Bonchev–Trinajstić information content (AvgIpc) is 2.65. The van der Waals surface area contributed by atoms with E-state index in [1.165, 1.54) is 0 Å². The Bertz CT molecular complexity index is 712. The molecule has 0 spiro atoms. The monoisotopic (exact) mass is 353 g/mol. The second-order valence-electron chi connectivity index (χ2n) is 6.68. The van der Waals surface area contributed by atoms with Gasteiger partial charge in [0, 0.05) is 23.9 Å². The van der Waals surface area contributed by atoms with Crippen molar-refractivity contribution in [3.8, 4) is 0 Å². The van der Waals surface area contributed by atoms with E-state index in [9.17, 15) is 9.59 Å². The minimum atomic E-state index is -0.155. The molecule has 0 fully saturated rings. The fourth-order valence-corrected chi connectivity index (χ4v) is 2.63. The van der Waals surface area contributed by atoms with Crippen molar-refractivity contribution < 1.29 is 9.59 Å². The van der Waals surface area contributed by atoms with Crippen LogP contribution in [0.25, 0.3) is 0 Å². The van der Waals surface area contributed by atoms with E-state index in [-0.39, 0.29) is 23.8 Å². The van der Waals surface area contributed by atoms with Crippen LogP contribution in [0.2, 0.25) is 0 Å². The van der Waals surface area contributed by atoms with E-state index < -0.39 is 0 Å². The van der Waals surface area contributed by atoms with Gasteiger partial charge in [-0.15, -0.1) is 0 Å². The van der Waals surface area contributed by atoms with Crippen molar-refractivity contribution in [3.63, 3.8) is 0 Å². The van der Waals surface area contributed by atoms with Gasteiger partial charge >= 0.3 is 0 Å². The molecule has 0 radical (unpaired) electrons. The Kier molecular flexibility index (Phi) is 7.33. The first kappa shape index (κ1) is 19.6. The predicted molar refractivity (Wildman–Crippen MR) is 104 cm³/mol. The summed E-state index contributed by atoms with van der Waals surface area (Å²) in [5, 5.41) is 5.90. The zero-order valence-corrected chi connectivity index (χ0v) is 15.7. The maximum atomic E-state index is 12.6. The topological polar surface area (TPSA) is 71.1 Å². The number of amides is 2. The third-order valence-corrected chi connectivity index (χ3v) is 4.15. The second-order valence-corrected chi connectivity index (χ2v) is 6.68. The lowest BCUT2D eigenvalue weighted by Gasteiger charge is -2.22. The van der Waals surface area contributed by atoms with E-state index in [0.717, 1.165) is 18.5 Å². The molecule has 1 aromatic heterocycles. The van der Waals surface area contributed by atoms with Gasteiger partial charge in [-0.2, -0.15) is 0 Å². The molecule has 1 aromatic carbocycles. The Hall–Kier alpha value is -2.69. The van der Waals surface area contributed by atoms with E-state index in [1.807, 2.05) is 18.2 Å². The maximum Gasteiger partial charge on any atom is 0.251 e. The molecule has 2 amide bonds. The van der Waals surface area contributed by atoms with Crippen molar-refractivity contribution in [2.45, 2.75) is 46.1 Å². The summed E-state index contributed by atoms with van der Waals surface area (Å²) < 4.78 is 0. The summed E-state index contributed by atoms with van der Waals surface area (Å²) in [5.74, 6) is 0.0586. The summed E-state index contributed by atoms with van der Waals surface area (Å²) in [6.07, 6.45) is 4.10. The van der Waals surface area contributed by atoms with Crippen molar-refractivity contribution in [2.24, 2.45) is 5.92 Å². The van der Waals surface area contributed by atoms with Crippen LogP contribution in [-0.4, -0.2) is 16.8 Å². The number of carbonyl (C=O) groups is 2. The van der Waals surface area contributed by atoms with Crippen molar-refractivity contribution in [3.05, 3.63) is 59.9 Å². The van der Waals surface area contributed by atoms with Crippen molar-refractivity contribution in [2.75, 3.05) is 5.32 Å². The average molecular weight is 353 g/mol. The van der Waals surface area contributed by atoms with E-state index in [4.69, 9.17) is 0 Å². The minimum absolute atomic E-state index is 0.000856. The Morgan fingerprint density at radius 3 is 2.38 bits per heavy atom. The first-order valence-corrected chi connectivity index (χ1v) is 9.13. The van der Waals surface area contributed by atoms with E-state index in [1.54, 1.807) is 30.5 Å². The molecule has 138 valence electrons. The van der Waals surface area contributed by atoms with Gasteiger partial charge in [-0.3, -0.25) is 14.6 Å². The molecule has 2 N–H and O–H groups in total. The Labute approximate surface area is 155 Å². The zero-order chi connectivity index (χ0) is 18.9. The number of benzene rings is 1. The summed E-state index contributed by atoms with van der Waals surface area (Å²) >= 11 is 0. The third kappa shape index (κ3) is 5.69. The fourth-order valence-electron chi connectivity index (χ4n) is 2.63. The lowest BCUT2D eigenvalue weighted by atomic mass is 9.99. The van der Waals surface area contributed by atoms with Gasteiger partial charge in [0.15, 0.2) is 0 Å². The highest BCUT2D eigenvalue weighted by molar-refractivity contribution is 5.96. The van der Waals surface area contributed by atoms with Crippen LogP contribution in [0.5, 0.6) is 0 Å². The molecule has 1 atom stereocenters. The van der Waals surface area contributed by atoms with Gasteiger partial charge < -0.3 is 10.6 Å². The SMILES string of the molecule is CCCCC(=O)Nc1ccc(C(=O)NC(c2ccccn2)C(C)C)cc1. The van der Waals surface area contributed by atoms with Crippen LogP contribution in [0.3, 0.4) is 0 Å². The molecule has 2 rings (SSSR count). The highest BCUT2D eigenvalue weighted by Crippen LogP contribution is 2.20. The van der Waals surface area contributed by atoms with Crippen molar-refractivity contribution >= 4 is 17.5 Å². The molecule has 26 heavy (non-hydrogen) atoms. The van der Waals surface area contributed by atoms with Gasteiger partial charge in [-0.05, 0) is 48.7 Å². The number of rotatable bonds is 8. The summed E-state index contributed by atoms with van der Waals surface area (Å²) in [6.45, 7) is 6.15. The van der Waals surface area contributed by atoms with Gasteiger partial charge in [0.25, 0.3) is 5.91 Å². The van der Waals surface area contributed by atoms with Crippen molar-refractivity contribution in [1.29, 1.82) is 0 Å². The minimum Gasteiger partial charge on any atom is -0.343 e. The molecule has 1 unspecified atom stereocenters. The second kappa shape index (κ2) is 9.70. The molecular formula is C21H27N3O2. The Balaban J connectivity index is 2.01. The number of nitrogens with one attached hydrogen (secondary N) is 2. The zero-order valence-electron chi connectivity index (χ0n) is 15.7. The number of pyridine rings is 1. The van der Waals surface area contributed by atoms with Crippen molar-refractivity contribution in [1.82, 2.24) is 10.3 Å². The smallest absolute Gasteiger partial charge is 0.251 e. The number of aromatic nitrogens is 1. The Morgan fingerprint density at radius 2 is 1.81 bits per heavy atom. The van der Waals surface area contributed by atoms with Crippen LogP contribution in [0, 0.1) is 5.92 Å². The molecule has 0 saturated carbocycles. The van der Waals surface area contributed by atoms with Gasteiger partial charge in [-0.25, -0.2) is 0 Å². The molecule has 0 saturated heterocycles. The summed E-state index contributed by atoms with van der Waals surface area (Å²) in [7, 11) is 0. The van der Waals surface area contributed by atoms with Crippen LogP contribution >= 0.6 is 0 Å². The number of carbonyl (C=O) groups excluding carboxylic acids is 2. The number of unbranched alkanes of at least 4 members (excludes halogenated alkanes) is 1. The standard InChI is InChI=1S/C21H27N3O2/c1-4-5-9-19(25)23-17-12-10-16(11-13-17)21(26)24-20(15(2)3)18-8-6-7-14-22-18/h6-8,10-15,20H,4-5,9H2,1-3H3,(H,23,25)(H,24,26).